The van der Waals surface area contributed by atoms with Crippen LogP contribution in [0.2, 0.25) is 0 Å². The van der Waals surface area contributed by atoms with Crippen molar-refractivity contribution in [3.8, 4) is 5.75 Å². The Kier molecular flexibility index (Phi) is 5.53. The van der Waals surface area contributed by atoms with E-state index in [1.54, 1.807) is 12.1 Å². The average Bonchev–Trinajstić information content (AvgIpc) is 2.53. The summed E-state index contributed by atoms with van der Waals surface area (Å²) >= 11 is 0. The van der Waals surface area contributed by atoms with Gasteiger partial charge in [0.1, 0.15) is 0 Å². The van der Waals surface area contributed by atoms with Gasteiger partial charge in [-0.25, -0.2) is 4.39 Å². The Morgan fingerprint density at radius 3 is 2.68 bits per heavy atom. The summed E-state index contributed by atoms with van der Waals surface area (Å²) in [7, 11) is 1.43. The van der Waals surface area contributed by atoms with Gasteiger partial charge < -0.3 is 10.1 Å². The summed E-state index contributed by atoms with van der Waals surface area (Å²) in [6.07, 6.45) is 1.66. The molecule has 1 N–H and O–H groups in total. The molecule has 0 spiro atoms. The van der Waals surface area contributed by atoms with Crippen molar-refractivity contribution in [2.45, 2.75) is 26.2 Å². The molecule has 3 nitrogen and oxygen atoms in total. The number of methoxy groups -OCH3 is 1. The zero-order valence-electron chi connectivity index (χ0n) is 12.9. The lowest BCUT2D eigenvalue weighted by Crippen LogP contribution is -2.13. The molecule has 0 aliphatic carbocycles. The molecule has 0 aromatic heterocycles. The van der Waals surface area contributed by atoms with E-state index in [2.05, 4.69) is 5.32 Å². The second-order valence-electron chi connectivity index (χ2n) is 5.03. The number of hydrogen-bond donors (Lipinski definition) is 1. The predicted octanol–water partition coefficient (Wildman–Crippen LogP) is 3.97. The number of rotatable bonds is 6. The normalized spacial score (nSPS) is 10.3. The molecule has 116 valence electrons. The maximum absolute atomic E-state index is 13.6. The first kappa shape index (κ1) is 16.0. The number of carbonyl (C=O) groups excluding carboxylic acids is 1. The fourth-order valence-corrected chi connectivity index (χ4v) is 2.29. The number of nitrogens with one attached hydrogen (secondary N) is 1. The molecule has 0 aliphatic heterocycles. The second-order valence-corrected chi connectivity index (χ2v) is 5.03. The number of halogens is 1. The van der Waals surface area contributed by atoms with Crippen LogP contribution < -0.4 is 10.1 Å². The van der Waals surface area contributed by atoms with Crippen LogP contribution in [-0.4, -0.2) is 13.0 Å². The zero-order valence-corrected chi connectivity index (χ0v) is 12.9. The number of ether oxygens (including phenoxy) is 1. The molecule has 4 heteroatoms. The summed E-state index contributed by atoms with van der Waals surface area (Å²) < 4.78 is 18.5. The van der Waals surface area contributed by atoms with Gasteiger partial charge in [0.15, 0.2) is 11.6 Å². The van der Waals surface area contributed by atoms with Crippen molar-refractivity contribution in [3.05, 3.63) is 59.4 Å². The van der Waals surface area contributed by atoms with Gasteiger partial charge in [0, 0.05) is 12.1 Å². The monoisotopic (exact) mass is 301 g/mol. The van der Waals surface area contributed by atoms with Crippen molar-refractivity contribution >= 4 is 11.6 Å². The van der Waals surface area contributed by atoms with E-state index < -0.39 is 5.82 Å². The van der Waals surface area contributed by atoms with Gasteiger partial charge in [0.25, 0.3) is 0 Å². The lowest BCUT2D eigenvalue weighted by atomic mass is 10.1. The first-order valence-electron chi connectivity index (χ1n) is 7.34. The molecule has 0 radical (unpaired) electrons. The first-order chi connectivity index (χ1) is 10.6. The number of benzene rings is 2. The van der Waals surface area contributed by atoms with E-state index in [0.29, 0.717) is 12.8 Å². The van der Waals surface area contributed by atoms with Crippen LogP contribution in [0.25, 0.3) is 0 Å². The topological polar surface area (TPSA) is 38.3 Å². The van der Waals surface area contributed by atoms with Gasteiger partial charge in [-0.2, -0.15) is 0 Å². The van der Waals surface area contributed by atoms with Gasteiger partial charge in [0.05, 0.1) is 7.11 Å². The van der Waals surface area contributed by atoms with E-state index >= 15 is 0 Å². The molecule has 0 unspecified atom stereocenters. The van der Waals surface area contributed by atoms with E-state index in [1.807, 2.05) is 31.2 Å². The number of hydrogen-bond acceptors (Lipinski definition) is 2. The Bertz CT molecular complexity index is 655. The zero-order chi connectivity index (χ0) is 15.9. The molecule has 0 atom stereocenters. The fraction of sp³-hybridized carbons (Fsp3) is 0.278. The lowest BCUT2D eigenvalue weighted by molar-refractivity contribution is -0.116. The van der Waals surface area contributed by atoms with E-state index in [-0.39, 0.29) is 11.7 Å². The molecule has 1 amide bonds. The molecule has 2 aromatic carbocycles. The van der Waals surface area contributed by atoms with Crippen LogP contribution in [0.1, 0.15) is 24.5 Å². The van der Waals surface area contributed by atoms with Crippen LogP contribution in [0, 0.1) is 5.82 Å². The van der Waals surface area contributed by atoms with Crippen LogP contribution in [-0.2, 0) is 17.6 Å². The summed E-state index contributed by atoms with van der Waals surface area (Å²) in [6, 6.07) is 12.5. The maximum Gasteiger partial charge on any atom is 0.224 e. The molecule has 2 rings (SSSR count). The summed E-state index contributed by atoms with van der Waals surface area (Å²) in [4.78, 5) is 12.0. The SMILES string of the molecule is CCc1ccccc1NC(=O)CCc1ccc(OC)c(F)c1. The largest absolute Gasteiger partial charge is 0.494 e. The summed E-state index contributed by atoms with van der Waals surface area (Å²) in [5.74, 6) is -0.265. The van der Waals surface area contributed by atoms with Gasteiger partial charge in [0.2, 0.25) is 5.91 Å². The van der Waals surface area contributed by atoms with Gasteiger partial charge in [-0.15, -0.1) is 0 Å². The molecule has 22 heavy (non-hydrogen) atoms. The standard InChI is InChI=1S/C18H20FNO2/c1-3-14-6-4-5-7-16(14)20-18(21)11-9-13-8-10-17(22-2)15(19)12-13/h4-8,10,12H,3,9,11H2,1-2H3,(H,20,21). The van der Waals surface area contributed by atoms with E-state index in [9.17, 15) is 9.18 Å². The molecular formula is C18H20FNO2. The van der Waals surface area contributed by atoms with Crippen LogP contribution in [0.5, 0.6) is 5.75 Å². The highest BCUT2D eigenvalue weighted by molar-refractivity contribution is 5.91. The Hall–Kier alpha value is -2.36. The Morgan fingerprint density at radius 1 is 1.23 bits per heavy atom. The molecule has 0 fully saturated rings. The number of carbonyl (C=O) groups is 1. The number of aryl methyl sites for hydroxylation is 2. The third-order valence-corrected chi connectivity index (χ3v) is 3.53. The first-order valence-corrected chi connectivity index (χ1v) is 7.34. The van der Waals surface area contributed by atoms with Crippen molar-refractivity contribution in [1.29, 1.82) is 0 Å². The van der Waals surface area contributed by atoms with E-state index in [4.69, 9.17) is 4.74 Å². The molecule has 0 bridgehead atoms. The van der Waals surface area contributed by atoms with E-state index in [1.165, 1.54) is 13.2 Å². The minimum atomic E-state index is -0.406. The number of para-hydroxylation sites is 1. The quantitative estimate of drug-likeness (QED) is 0.877. The van der Waals surface area contributed by atoms with Crippen LogP contribution in [0.4, 0.5) is 10.1 Å². The van der Waals surface area contributed by atoms with Crippen molar-refractivity contribution in [2.75, 3.05) is 12.4 Å². The highest BCUT2D eigenvalue weighted by atomic mass is 19.1. The average molecular weight is 301 g/mol. The smallest absolute Gasteiger partial charge is 0.224 e. The van der Waals surface area contributed by atoms with Crippen molar-refractivity contribution in [1.82, 2.24) is 0 Å². The molecular weight excluding hydrogens is 281 g/mol. The minimum Gasteiger partial charge on any atom is -0.494 e. The van der Waals surface area contributed by atoms with Crippen LogP contribution in [0.15, 0.2) is 42.5 Å². The van der Waals surface area contributed by atoms with Crippen molar-refractivity contribution in [3.63, 3.8) is 0 Å². The predicted molar refractivity (Wildman–Crippen MR) is 85.7 cm³/mol. The van der Waals surface area contributed by atoms with Gasteiger partial charge in [-0.3, -0.25) is 4.79 Å². The summed E-state index contributed by atoms with van der Waals surface area (Å²) in [5.41, 5.74) is 2.72. The summed E-state index contributed by atoms with van der Waals surface area (Å²) in [5, 5.41) is 2.91. The highest BCUT2D eigenvalue weighted by Gasteiger charge is 2.08. The maximum atomic E-state index is 13.6. The second kappa shape index (κ2) is 7.59. The fourth-order valence-electron chi connectivity index (χ4n) is 2.29. The third-order valence-electron chi connectivity index (χ3n) is 3.53. The van der Waals surface area contributed by atoms with Gasteiger partial charge in [-0.1, -0.05) is 31.2 Å². The number of anilines is 1. The Balaban J connectivity index is 1.94. The van der Waals surface area contributed by atoms with Crippen molar-refractivity contribution in [2.24, 2.45) is 0 Å². The van der Waals surface area contributed by atoms with Crippen LogP contribution in [0.3, 0.4) is 0 Å². The highest BCUT2D eigenvalue weighted by Crippen LogP contribution is 2.19. The third kappa shape index (κ3) is 4.07. The van der Waals surface area contributed by atoms with Gasteiger partial charge >= 0.3 is 0 Å². The molecule has 0 aliphatic rings. The number of amides is 1. The molecule has 0 saturated carbocycles. The van der Waals surface area contributed by atoms with E-state index in [0.717, 1.165) is 23.2 Å². The van der Waals surface area contributed by atoms with Gasteiger partial charge in [-0.05, 0) is 42.2 Å². The molecule has 0 saturated heterocycles. The minimum absolute atomic E-state index is 0.0721. The molecule has 0 heterocycles. The molecule has 2 aromatic rings. The van der Waals surface area contributed by atoms with Crippen molar-refractivity contribution < 1.29 is 13.9 Å². The van der Waals surface area contributed by atoms with Crippen LogP contribution >= 0.6 is 0 Å². The Labute approximate surface area is 130 Å². The Morgan fingerprint density at radius 2 is 2.00 bits per heavy atom. The lowest BCUT2D eigenvalue weighted by Gasteiger charge is -2.10. The summed E-state index contributed by atoms with van der Waals surface area (Å²) in [6.45, 7) is 2.05.